The highest BCUT2D eigenvalue weighted by atomic mass is 32.2. The van der Waals surface area contributed by atoms with E-state index in [-0.39, 0.29) is 5.75 Å². The lowest BCUT2D eigenvalue weighted by atomic mass is 10.3. The molecule has 0 amide bonds. The highest BCUT2D eigenvalue weighted by Crippen LogP contribution is 2.30. The fourth-order valence-electron chi connectivity index (χ4n) is 2.24. The van der Waals surface area contributed by atoms with Crippen LogP contribution in [0.5, 0.6) is 11.5 Å². The number of benzene rings is 1. The Morgan fingerprint density at radius 3 is 2.73 bits per heavy atom. The highest BCUT2D eigenvalue weighted by molar-refractivity contribution is 7.82. The van der Waals surface area contributed by atoms with Gasteiger partial charge in [0, 0.05) is 12.3 Å². The zero-order valence-electron chi connectivity index (χ0n) is 12.2. The predicted octanol–water partition coefficient (Wildman–Crippen LogP) is 2.16. The Bertz CT molecular complexity index is 832. The second kappa shape index (κ2) is 6.15. The zero-order valence-corrected chi connectivity index (χ0v) is 13.0. The first-order valence-electron chi connectivity index (χ1n) is 6.61. The number of rotatable bonds is 5. The summed E-state index contributed by atoms with van der Waals surface area (Å²) in [6.07, 6.45) is 3.19. The Hall–Kier alpha value is -2.41. The van der Waals surface area contributed by atoms with Crippen LogP contribution in [0.15, 0.2) is 42.9 Å². The van der Waals surface area contributed by atoms with Crippen LogP contribution in [0.1, 0.15) is 5.69 Å². The van der Waals surface area contributed by atoms with Crippen molar-refractivity contribution in [3.63, 3.8) is 0 Å². The van der Waals surface area contributed by atoms with Gasteiger partial charge in [-0.3, -0.25) is 4.98 Å². The molecule has 0 aliphatic carbocycles. The SMILES string of the molecule is COc1ccnc(CS(=O)n2cnc3ccccc32)c1OC. The van der Waals surface area contributed by atoms with Crippen LogP contribution >= 0.6 is 0 Å². The molecule has 0 fully saturated rings. The Morgan fingerprint density at radius 2 is 1.95 bits per heavy atom. The molecule has 1 atom stereocenters. The van der Waals surface area contributed by atoms with Crippen LogP contribution in [0.3, 0.4) is 0 Å². The van der Waals surface area contributed by atoms with Gasteiger partial charge in [-0.15, -0.1) is 0 Å². The minimum Gasteiger partial charge on any atom is -0.493 e. The quantitative estimate of drug-likeness (QED) is 0.721. The number of nitrogens with zero attached hydrogens (tertiary/aromatic N) is 3. The van der Waals surface area contributed by atoms with Gasteiger partial charge in [-0.1, -0.05) is 12.1 Å². The average molecular weight is 317 g/mol. The lowest BCUT2D eigenvalue weighted by Crippen LogP contribution is -2.08. The summed E-state index contributed by atoms with van der Waals surface area (Å²) in [7, 11) is 1.75. The predicted molar refractivity (Wildman–Crippen MR) is 84.3 cm³/mol. The first-order valence-corrected chi connectivity index (χ1v) is 7.89. The third kappa shape index (κ3) is 2.55. The van der Waals surface area contributed by atoms with Gasteiger partial charge in [-0.25, -0.2) is 13.2 Å². The molecule has 0 saturated carbocycles. The van der Waals surface area contributed by atoms with Gasteiger partial charge in [0.2, 0.25) is 0 Å². The van der Waals surface area contributed by atoms with Crippen molar-refractivity contribution in [2.75, 3.05) is 14.2 Å². The molecule has 22 heavy (non-hydrogen) atoms. The molecule has 0 N–H and O–H groups in total. The van der Waals surface area contributed by atoms with Crippen molar-refractivity contribution in [1.29, 1.82) is 0 Å². The second-order valence-corrected chi connectivity index (χ2v) is 5.84. The van der Waals surface area contributed by atoms with E-state index >= 15 is 0 Å². The minimum absolute atomic E-state index is 0.209. The van der Waals surface area contributed by atoms with Crippen LogP contribution in [-0.4, -0.2) is 32.4 Å². The fourth-order valence-corrected chi connectivity index (χ4v) is 3.34. The van der Waals surface area contributed by atoms with Crippen molar-refractivity contribution in [2.24, 2.45) is 0 Å². The van der Waals surface area contributed by atoms with Crippen molar-refractivity contribution in [3.05, 3.63) is 48.5 Å². The number of pyridine rings is 1. The van der Waals surface area contributed by atoms with Gasteiger partial charge in [0.05, 0.1) is 31.0 Å². The molecule has 1 aromatic carbocycles. The first-order chi connectivity index (χ1) is 10.7. The number of fused-ring (bicyclic) bond motifs is 1. The van der Waals surface area contributed by atoms with E-state index in [1.807, 2.05) is 24.3 Å². The van der Waals surface area contributed by atoms with Crippen LogP contribution in [0.25, 0.3) is 11.0 Å². The topological polar surface area (TPSA) is 66.2 Å². The van der Waals surface area contributed by atoms with Crippen LogP contribution in [-0.2, 0) is 16.7 Å². The van der Waals surface area contributed by atoms with E-state index in [1.165, 1.54) is 0 Å². The summed E-state index contributed by atoms with van der Waals surface area (Å²) >= 11 is 0. The average Bonchev–Trinajstić information content (AvgIpc) is 2.98. The van der Waals surface area contributed by atoms with Crippen LogP contribution < -0.4 is 9.47 Å². The molecule has 0 aliphatic rings. The largest absolute Gasteiger partial charge is 0.493 e. The fraction of sp³-hybridized carbons (Fsp3) is 0.200. The summed E-state index contributed by atoms with van der Waals surface area (Å²) in [5, 5.41) is 0. The Balaban J connectivity index is 1.95. The molecule has 3 aromatic rings. The number of para-hydroxylation sites is 2. The summed E-state index contributed by atoms with van der Waals surface area (Å²) in [6.45, 7) is 0. The molecule has 2 heterocycles. The molecule has 0 aliphatic heterocycles. The van der Waals surface area contributed by atoms with E-state index in [9.17, 15) is 4.21 Å². The molecule has 6 nitrogen and oxygen atoms in total. The van der Waals surface area contributed by atoms with Crippen LogP contribution in [0.2, 0.25) is 0 Å². The maximum Gasteiger partial charge on any atom is 0.183 e. The van der Waals surface area contributed by atoms with Crippen molar-refractivity contribution in [3.8, 4) is 11.5 Å². The maximum absolute atomic E-state index is 12.7. The third-order valence-corrected chi connectivity index (χ3v) is 4.52. The molecule has 0 bridgehead atoms. The smallest absolute Gasteiger partial charge is 0.183 e. The molecule has 0 spiro atoms. The number of ether oxygens (including phenoxy) is 2. The van der Waals surface area contributed by atoms with E-state index in [0.29, 0.717) is 17.2 Å². The Morgan fingerprint density at radius 1 is 1.14 bits per heavy atom. The van der Waals surface area contributed by atoms with Gasteiger partial charge in [-0.2, -0.15) is 0 Å². The molecule has 7 heteroatoms. The standard InChI is InChI=1S/C15H15N3O3S/c1-20-14-7-8-16-12(15(14)21-2)9-22(19)18-10-17-11-5-3-4-6-13(11)18/h3-8,10H,9H2,1-2H3. The highest BCUT2D eigenvalue weighted by Gasteiger charge is 2.16. The summed E-state index contributed by atoms with van der Waals surface area (Å²) in [5.74, 6) is 1.28. The van der Waals surface area contributed by atoms with Crippen molar-refractivity contribution in [2.45, 2.75) is 5.75 Å². The summed E-state index contributed by atoms with van der Waals surface area (Å²) in [5.41, 5.74) is 2.21. The number of aromatic nitrogens is 3. The number of methoxy groups -OCH3 is 2. The van der Waals surface area contributed by atoms with E-state index in [1.54, 1.807) is 36.8 Å². The number of hydrogen-bond acceptors (Lipinski definition) is 5. The van der Waals surface area contributed by atoms with Crippen LogP contribution in [0, 0.1) is 0 Å². The number of imidazole rings is 1. The summed E-state index contributed by atoms with van der Waals surface area (Å²) in [4.78, 5) is 8.51. The van der Waals surface area contributed by atoms with Gasteiger partial charge >= 0.3 is 0 Å². The Labute approximate surface area is 130 Å². The van der Waals surface area contributed by atoms with E-state index < -0.39 is 11.0 Å². The monoisotopic (exact) mass is 317 g/mol. The Kier molecular flexibility index (Phi) is 4.06. The van der Waals surface area contributed by atoms with Crippen molar-refractivity contribution >= 4 is 22.0 Å². The molecular formula is C15H15N3O3S. The van der Waals surface area contributed by atoms with Gasteiger partial charge in [-0.05, 0) is 12.1 Å². The second-order valence-electron chi connectivity index (χ2n) is 4.52. The van der Waals surface area contributed by atoms with Crippen molar-refractivity contribution in [1.82, 2.24) is 13.9 Å². The molecule has 0 saturated heterocycles. The third-order valence-electron chi connectivity index (χ3n) is 3.27. The summed E-state index contributed by atoms with van der Waals surface area (Å²) in [6, 6.07) is 9.26. The minimum atomic E-state index is -1.34. The maximum atomic E-state index is 12.7. The van der Waals surface area contributed by atoms with E-state index in [2.05, 4.69) is 9.97 Å². The zero-order chi connectivity index (χ0) is 15.5. The van der Waals surface area contributed by atoms with Gasteiger partial charge < -0.3 is 9.47 Å². The van der Waals surface area contributed by atoms with Crippen LogP contribution in [0.4, 0.5) is 0 Å². The molecule has 1 unspecified atom stereocenters. The van der Waals surface area contributed by atoms with Gasteiger partial charge in [0.25, 0.3) is 0 Å². The lowest BCUT2D eigenvalue weighted by molar-refractivity contribution is 0.350. The van der Waals surface area contributed by atoms with E-state index in [0.717, 1.165) is 11.0 Å². The lowest BCUT2D eigenvalue weighted by Gasteiger charge is -2.11. The molecule has 0 radical (unpaired) electrons. The van der Waals surface area contributed by atoms with E-state index in [4.69, 9.17) is 9.47 Å². The molecule has 3 rings (SSSR count). The molecular weight excluding hydrogens is 302 g/mol. The van der Waals surface area contributed by atoms with Crippen molar-refractivity contribution < 1.29 is 13.7 Å². The number of hydrogen-bond donors (Lipinski definition) is 0. The van der Waals surface area contributed by atoms with Gasteiger partial charge in [0.15, 0.2) is 11.5 Å². The molecule has 2 aromatic heterocycles. The first kappa shape index (κ1) is 14.5. The van der Waals surface area contributed by atoms with Gasteiger partial charge in [0.1, 0.15) is 23.0 Å². The summed E-state index contributed by atoms with van der Waals surface area (Å²) < 4.78 is 24.9. The molecule has 114 valence electrons. The normalized spacial score (nSPS) is 12.3.